The molecule has 0 aromatic carbocycles. The predicted octanol–water partition coefficient (Wildman–Crippen LogP) is -0.904. The van der Waals surface area contributed by atoms with E-state index in [1.165, 1.54) is 0 Å². The Bertz CT molecular complexity index is 533. The molecule has 0 bridgehead atoms. The van der Waals surface area contributed by atoms with Crippen LogP contribution in [0.2, 0.25) is 0 Å². The summed E-state index contributed by atoms with van der Waals surface area (Å²) >= 11 is 0. The highest BCUT2D eigenvalue weighted by atomic mass is 15.4. The van der Waals surface area contributed by atoms with Crippen LogP contribution in [0, 0.1) is 0 Å². The third kappa shape index (κ3) is 7.16. The summed E-state index contributed by atoms with van der Waals surface area (Å²) in [6.07, 6.45) is 0. The summed E-state index contributed by atoms with van der Waals surface area (Å²) in [4.78, 5) is 24.9. The highest BCUT2D eigenvalue weighted by molar-refractivity contribution is 5.99. The maximum Gasteiger partial charge on any atom is 0.202 e. The summed E-state index contributed by atoms with van der Waals surface area (Å²) in [5, 5.41) is 6.57. The first kappa shape index (κ1) is 23.5. The van der Waals surface area contributed by atoms with Crippen molar-refractivity contribution in [3.8, 4) is 0 Å². The number of guanidine groups is 4. The molecule has 0 aromatic rings. The van der Waals surface area contributed by atoms with Crippen molar-refractivity contribution in [2.24, 2.45) is 20.0 Å². The minimum absolute atomic E-state index is 0.694. The zero-order valence-corrected chi connectivity index (χ0v) is 18.0. The van der Waals surface area contributed by atoms with E-state index < -0.39 is 0 Å². The van der Waals surface area contributed by atoms with Crippen molar-refractivity contribution in [2.45, 2.75) is 0 Å². The van der Waals surface area contributed by atoms with Crippen molar-refractivity contribution < 1.29 is 0 Å². The topological polar surface area (TPSA) is 86.5 Å². The molecular formula is C16H36N10. The van der Waals surface area contributed by atoms with E-state index in [-0.39, 0.29) is 0 Å². The minimum Gasteiger partial charge on any atom is -0.354 e. The summed E-state index contributed by atoms with van der Waals surface area (Å²) in [6, 6.07) is 0. The Morgan fingerprint density at radius 3 is 1.62 bits per heavy atom. The summed E-state index contributed by atoms with van der Waals surface area (Å²) < 4.78 is 0. The molecule has 0 atom stereocenters. The van der Waals surface area contributed by atoms with E-state index in [4.69, 9.17) is 0 Å². The van der Waals surface area contributed by atoms with Gasteiger partial charge in [-0.3, -0.25) is 30.2 Å². The number of hydrogen-bond acceptors (Lipinski definition) is 4. The fourth-order valence-corrected chi connectivity index (χ4v) is 2.32. The van der Waals surface area contributed by atoms with Crippen LogP contribution in [0.1, 0.15) is 0 Å². The molecule has 0 aliphatic heterocycles. The van der Waals surface area contributed by atoms with Gasteiger partial charge in [0.1, 0.15) is 0 Å². The molecule has 0 saturated carbocycles. The summed E-state index contributed by atoms with van der Waals surface area (Å²) in [7, 11) is 18.7. The van der Waals surface area contributed by atoms with E-state index in [9.17, 15) is 0 Å². The Balaban J connectivity index is 4.77. The average Bonchev–Trinajstić information content (AvgIpc) is 2.59. The Hall–Kier alpha value is -2.52. The van der Waals surface area contributed by atoms with Crippen LogP contribution in [-0.4, -0.2) is 127 Å². The smallest absolute Gasteiger partial charge is 0.202 e. The van der Waals surface area contributed by atoms with Crippen LogP contribution < -0.4 is 10.6 Å². The zero-order valence-electron chi connectivity index (χ0n) is 18.0. The van der Waals surface area contributed by atoms with Crippen LogP contribution in [0.15, 0.2) is 20.0 Å². The number of hydrogen-bond donors (Lipinski definition) is 2. The van der Waals surface area contributed by atoms with Crippen molar-refractivity contribution in [1.82, 2.24) is 30.2 Å². The number of aliphatic imine (C=N–C) groups is 4. The maximum atomic E-state index is 4.32. The van der Waals surface area contributed by atoms with Gasteiger partial charge in [0.05, 0.1) is 0 Å². The van der Waals surface area contributed by atoms with Crippen molar-refractivity contribution >= 4 is 23.8 Å². The third-order valence-corrected chi connectivity index (χ3v) is 3.59. The van der Waals surface area contributed by atoms with Gasteiger partial charge >= 0.3 is 0 Å². The molecule has 10 nitrogen and oxygen atoms in total. The molecule has 150 valence electrons. The van der Waals surface area contributed by atoms with E-state index in [0.717, 1.165) is 30.4 Å². The maximum absolute atomic E-state index is 4.32. The fraction of sp³-hybridized carbons (Fsp3) is 0.750. The lowest BCUT2D eigenvalue weighted by Crippen LogP contribution is -2.51. The molecule has 0 heterocycles. The molecule has 0 radical (unpaired) electrons. The first-order valence-corrected chi connectivity index (χ1v) is 8.40. The van der Waals surface area contributed by atoms with Crippen LogP contribution in [0.4, 0.5) is 0 Å². The SMILES string of the molecule is CN=C(NC(=NC)N(C)CCNC(=NC)N(C)C(=NC)N(C)C)N(C)C. The number of likely N-dealkylation sites (N-methyl/N-ethyl adjacent to an activating group) is 1. The van der Waals surface area contributed by atoms with Gasteiger partial charge in [0.15, 0.2) is 17.9 Å². The lowest BCUT2D eigenvalue weighted by atomic mass is 10.5. The van der Waals surface area contributed by atoms with Gasteiger partial charge in [-0.25, -0.2) is 0 Å². The zero-order chi connectivity index (χ0) is 20.3. The molecule has 26 heavy (non-hydrogen) atoms. The van der Waals surface area contributed by atoms with Crippen LogP contribution in [0.5, 0.6) is 0 Å². The van der Waals surface area contributed by atoms with Crippen LogP contribution in [-0.2, 0) is 0 Å². The Labute approximate surface area is 158 Å². The lowest BCUT2D eigenvalue weighted by molar-refractivity contribution is 0.476. The van der Waals surface area contributed by atoms with Gasteiger partial charge in [-0.05, 0) is 0 Å². The van der Waals surface area contributed by atoms with Gasteiger partial charge in [-0.15, -0.1) is 0 Å². The molecule has 0 fully saturated rings. The van der Waals surface area contributed by atoms with E-state index in [0.29, 0.717) is 6.54 Å². The molecule has 0 rings (SSSR count). The quantitative estimate of drug-likeness (QED) is 0.496. The highest BCUT2D eigenvalue weighted by Gasteiger charge is 2.14. The van der Waals surface area contributed by atoms with Crippen LogP contribution in [0.25, 0.3) is 0 Å². The fourth-order valence-electron chi connectivity index (χ4n) is 2.32. The van der Waals surface area contributed by atoms with Crippen molar-refractivity contribution in [2.75, 3.05) is 83.6 Å². The summed E-state index contributed by atoms with van der Waals surface area (Å²) in [6.45, 7) is 1.43. The second-order valence-electron chi connectivity index (χ2n) is 5.99. The Morgan fingerprint density at radius 2 is 1.23 bits per heavy atom. The molecule has 0 spiro atoms. The second kappa shape index (κ2) is 11.9. The van der Waals surface area contributed by atoms with E-state index in [1.54, 1.807) is 28.2 Å². The Kier molecular flexibility index (Phi) is 10.8. The van der Waals surface area contributed by atoms with E-state index in [2.05, 4.69) is 30.6 Å². The molecule has 10 heteroatoms. The monoisotopic (exact) mass is 368 g/mol. The highest BCUT2D eigenvalue weighted by Crippen LogP contribution is 1.94. The van der Waals surface area contributed by atoms with Gasteiger partial charge in [-0.2, -0.15) is 0 Å². The first-order valence-electron chi connectivity index (χ1n) is 8.40. The predicted molar refractivity (Wildman–Crippen MR) is 112 cm³/mol. The molecule has 0 saturated heterocycles. The van der Waals surface area contributed by atoms with Crippen LogP contribution >= 0.6 is 0 Å². The van der Waals surface area contributed by atoms with Gasteiger partial charge in [0.2, 0.25) is 5.96 Å². The molecule has 0 aliphatic carbocycles. The third-order valence-electron chi connectivity index (χ3n) is 3.59. The molecule has 0 unspecified atom stereocenters. The van der Waals surface area contributed by atoms with Gasteiger partial charge in [0.25, 0.3) is 0 Å². The van der Waals surface area contributed by atoms with Gasteiger partial charge in [-0.1, -0.05) is 0 Å². The largest absolute Gasteiger partial charge is 0.354 e. The standard InChI is InChI=1S/C16H36N10/c1-17-13(26(10)16(20-4)24(7)8)21-11-12-25(9)15(19-3)22-14(18-2)23(5)6/h11-12H2,1-10H3,(H,17,21)(H,18,19,22). The number of rotatable bonds is 3. The Morgan fingerprint density at radius 1 is 0.692 bits per heavy atom. The van der Waals surface area contributed by atoms with Crippen molar-refractivity contribution in [3.63, 3.8) is 0 Å². The van der Waals surface area contributed by atoms with E-state index in [1.807, 2.05) is 61.9 Å². The first-order chi connectivity index (χ1) is 12.2. The number of nitrogens with one attached hydrogen (secondary N) is 2. The number of nitrogens with zero attached hydrogens (tertiary/aromatic N) is 8. The van der Waals surface area contributed by atoms with Crippen molar-refractivity contribution in [1.29, 1.82) is 0 Å². The van der Waals surface area contributed by atoms with Crippen LogP contribution in [0.3, 0.4) is 0 Å². The summed E-state index contributed by atoms with van der Waals surface area (Å²) in [5.74, 6) is 3.06. The molecule has 0 aliphatic rings. The van der Waals surface area contributed by atoms with E-state index >= 15 is 0 Å². The minimum atomic E-state index is 0.694. The van der Waals surface area contributed by atoms with Gasteiger partial charge in [0, 0.05) is 83.6 Å². The summed E-state index contributed by atoms with van der Waals surface area (Å²) in [5.41, 5.74) is 0. The molecule has 2 N–H and O–H groups in total. The van der Waals surface area contributed by atoms with Crippen molar-refractivity contribution in [3.05, 3.63) is 0 Å². The van der Waals surface area contributed by atoms with Gasteiger partial charge < -0.3 is 20.0 Å². The molecule has 0 aromatic heterocycles. The lowest BCUT2D eigenvalue weighted by Gasteiger charge is -2.28. The molecular weight excluding hydrogens is 332 g/mol. The molecule has 0 amide bonds. The second-order valence-corrected chi connectivity index (χ2v) is 5.99. The average molecular weight is 369 g/mol. The normalized spacial score (nSPS) is 13.5.